The van der Waals surface area contributed by atoms with Gasteiger partial charge in [-0.1, -0.05) is 132 Å². The van der Waals surface area contributed by atoms with Crippen LogP contribution in [0.25, 0.3) is 0 Å². The van der Waals surface area contributed by atoms with Gasteiger partial charge in [0.05, 0.1) is 34.1 Å². The molecule has 6 rings (SSSR count). The molecule has 0 spiro atoms. The number of halogens is 6. The first-order valence-corrected chi connectivity index (χ1v) is 24.5. The molecule has 6 aromatic rings. The van der Waals surface area contributed by atoms with Gasteiger partial charge in [-0.05, 0) is 146 Å². The van der Waals surface area contributed by atoms with Crippen LogP contribution in [0.1, 0.15) is 62.3 Å². The van der Waals surface area contributed by atoms with E-state index in [0.29, 0.717) is 47.2 Å². The lowest BCUT2D eigenvalue weighted by Gasteiger charge is -2.19. The fraction of sp³-hybridized carbons (Fsp3) is 0.222. The lowest BCUT2D eigenvalue weighted by molar-refractivity contribution is -0.120. The van der Waals surface area contributed by atoms with Gasteiger partial charge in [0, 0.05) is 46.4 Å². The molecule has 12 nitrogen and oxygen atoms in total. The molecular weight excluding hydrogens is 1040 g/mol. The molecule has 0 radical (unpaired) electrons. The van der Waals surface area contributed by atoms with E-state index in [1.807, 2.05) is 62.3 Å². The van der Waals surface area contributed by atoms with Gasteiger partial charge in [-0.25, -0.2) is 15.0 Å². The van der Waals surface area contributed by atoms with E-state index in [9.17, 15) is 14.4 Å². The first-order chi connectivity index (χ1) is 33.8. The van der Waals surface area contributed by atoms with Crippen molar-refractivity contribution in [2.24, 2.45) is 31.2 Å². The molecule has 0 aromatic heterocycles. The predicted molar refractivity (Wildman–Crippen MR) is 304 cm³/mol. The van der Waals surface area contributed by atoms with Gasteiger partial charge >= 0.3 is 0 Å². The number of benzene rings is 6. The van der Waals surface area contributed by atoms with Crippen LogP contribution in [-0.4, -0.2) is 34.9 Å². The second-order valence-electron chi connectivity index (χ2n) is 18.8. The Balaban J connectivity index is 0.000000234. The average Bonchev–Trinajstić information content (AvgIpc) is 3.33. The largest absolute Gasteiger partial charge is 0.300 e. The molecular formula is C54H57Cl6N9O3. The molecule has 0 atom stereocenters. The van der Waals surface area contributed by atoms with E-state index in [-0.39, 0.29) is 34.9 Å². The van der Waals surface area contributed by atoms with Crippen LogP contribution in [-0.2, 0) is 14.4 Å². The van der Waals surface area contributed by atoms with Gasteiger partial charge in [0.25, 0.3) is 0 Å². The zero-order valence-corrected chi connectivity index (χ0v) is 45.7. The highest BCUT2D eigenvalue weighted by Gasteiger charge is 2.29. The number of Topliss-reactive ketones (excluding diaryl/α,β-unsaturated/α-hetero) is 3. The second-order valence-corrected chi connectivity index (χ2v) is 21.4. The third kappa shape index (κ3) is 20.5. The highest BCUT2D eigenvalue weighted by Crippen LogP contribution is 2.24. The smallest absolute Gasteiger partial charge is 0.204 e. The Morgan fingerprint density at radius 1 is 0.306 bits per heavy atom. The zero-order chi connectivity index (χ0) is 53.2. The van der Waals surface area contributed by atoms with Crippen molar-refractivity contribution in [1.82, 2.24) is 16.3 Å². The number of carbonyl (C=O) groups excluding carboxylic acids is 3. The number of hydrogen-bond acceptors (Lipinski definition) is 9. The van der Waals surface area contributed by atoms with Gasteiger partial charge in [0.15, 0.2) is 17.5 Å². The number of rotatable bonds is 12. The van der Waals surface area contributed by atoms with Crippen molar-refractivity contribution in [3.05, 3.63) is 176 Å². The molecule has 0 heterocycles. The molecule has 0 fully saturated rings. The normalized spacial score (nSPS) is 12.0. The molecule has 6 N–H and O–H groups in total. The van der Waals surface area contributed by atoms with E-state index in [4.69, 9.17) is 69.6 Å². The van der Waals surface area contributed by atoms with E-state index >= 15 is 0 Å². The number of nitrogens with one attached hydrogen (secondary N) is 6. The zero-order valence-electron chi connectivity index (χ0n) is 41.2. The van der Waals surface area contributed by atoms with Gasteiger partial charge in [0.1, 0.15) is 0 Å². The number of ketones is 3. The molecule has 72 heavy (non-hydrogen) atoms. The molecule has 0 unspecified atom stereocenters. The highest BCUT2D eigenvalue weighted by molar-refractivity contribution is 6.42. The third-order valence-electron chi connectivity index (χ3n) is 9.40. The summed E-state index contributed by atoms with van der Waals surface area (Å²) in [5.41, 5.74) is 20.1. The lowest BCUT2D eigenvalue weighted by atomic mass is 9.90. The van der Waals surface area contributed by atoms with Gasteiger partial charge in [-0.15, -0.1) is 0 Å². The molecule has 378 valence electrons. The standard InChI is InChI=1S/3C18H19Cl2N3O/c3*1-18(2,3)16(24)17(21-14-8-4-12(19)5-9-14)23-22-15-10-6-13(20)7-11-15/h3*4-11,22H,1-3H3,(H,21,23). The summed E-state index contributed by atoms with van der Waals surface area (Å²) < 4.78 is 0. The Labute approximate surface area is 451 Å². The molecule has 6 aromatic carbocycles. The van der Waals surface area contributed by atoms with Crippen LogP contribution in [0.3, 0.4) is 0 Å². The summed E-state index contributed by atoms with van der Waals surface area (Å²) in [7, 11) is 0. The van der Waals surface area contributed by atoms with E-state index in [1.165, 1.54) is 0 Å². The third-order valence-corrected chi connectivity index (χ3v) is 10.9. The summed E-state index contributed by atoms with van der Waals surface area (Å²) in [5, 5.41) is 3.77. The monoisotopic (exact) mass is 1090 g/mol. The molecule has 0 aliphatic heterocycles. The quantitative estimate of drug-likeness (QED) is 0.0398. The van der Waals surface area contributed by atoms with E-state index in [0.717, 1.165) is 17.1 Å². The Bertz CT molecular complexity index is 2510. The molecule has 0 saturated carbocycles. The minimum absolute atomic E-state index is 0.112. The van der Waals surface area contributed by atoms with Gasteiger partial charge in [-0.3, -0.25) is 46.9 Å². The molecule has 0 amide bonds. The molecule has 0 bridgehead atoms. The molecule has 18 heteroatoms. The van der Waals surface area contributed by atoms with Gasteiger partial charge < -0.3 is 0 Å². The number of amidine groups is 3. The second kappa shape index (κ2) is 27.1. The van der Waals surface area contributed by atoms with Crippen LogP contribution in [0.15, 0.2) is 161 Å². The Hall–Kier alpha value is -6.12. The summed E-state index contributed by atoms with van der Waals surface area (Å²) in [6.45, 7) is 16.6. The maximum atomic E-state index is 12.6. The molecule has 0 aliphatic carbocycles. The number of aliphatic imine (C=N–C) groups is 3. The number of nitrogens with zero attached hydrogens (tertiary/aromatic N) is 3. The first kappa shape index (κ1) is 58.5. The minimum Gasteiger partial charge on any atom is -0.300 e. The summed E-state index contributed by atoms with van der Waals surface area (Å²) >= 11 is 35.3. The Kier molecular flexibility index (Phi) is 22.0. The van der Waals surface area contributed by atoms with Crippen molar-refractivity contribution in [2.45, 2.75) is 62.3 Å². The van der Waals surface area contributed by atoms with Crippen LogP contribution >= 0.6 is 69.6 Å². The van der Waals surface area contributed by atoms with Crippen LogP contribution in [0.4, 0.5) is 34.1 Å². The van der Waals surface area contributed by atoms with Crippen LogP contribution in [0.2, 0.25) is 30.1 Å². The van der Waals surface area contributed by atoms with Crippen molar-refractivity contribution in [3.8, 4) is 0 Å². The Morgan fingerprint density at radius 3 is 0.639 bits per heavy atom. The number of carbonyl (C=O) groups is 3. The fourth-order valence-corrected chi connectivity index (χ4v) is 6.16. The van der Waals surface area contributed by atoms with Gasteiger partial charge in [-0.2, -0.15) is 0 Å². The maximum absolute atomic E-state index is 12.6. The average molecular weight is 1090 g/mol. The van der Waals surface area contributed by atoms with Crippen LogP contribution in [0, 0.1) is 16.2 Å². The Morgan fingerprint density at radius 2 is 0.472 bits per heavy atom. The number of hydrogen-bond donors (Lipinski definition) is 6. The molecule has 0 aliphatic rings. The summed E-state index contributed by atoms with van der Waals surface area (Å²) in [6, 6.07) is 42.2. The van der Waals surface area contributed by atoms with Crippen molar-refractivity contribution >= 4 is 139 Å². The van der Waals surface area contributed by atoms with E-state index < -0.39 is 16.2 Å². The van der Waals surface area contributed by atoms with E-state index in [1.54, 1.807) is 146 Å². The summed E-state index contributed by atoms with van der Waals surface area (Å²) in [4.78, 5) is 51.1. The maximum Gasteiger partial charge on any atom is 0.204 e. The summed E-state index contributed by atoms with van der Waals surface area (Å²) in [5.74, 6) is 0.330. The highest BCUT2D eigenvalue weighted by atomic mass is 35.5. The van der Waals surface area contributed by atoms with Crippen molar-refractivity contribution in [2.75, 3.05) is 16.3 Å². The SMILES string of the molecule is CC(C)(C)C(=O)C(=Nc1ccc(Cl)cc1)NNc1ccc(Cl)cc1.CC(C)(C)C(=O)C(=Nc1ccc(Cl)cc1)NNc1ccc(Cl)cc1.CC(C)(C)C(=O)C(=Nc1ccc(Cl)cc1)NNc1ccc(Cl)cc1. The van der Waals surface area contributed by atoms with E-state index in [2.05, 4.69) is 47.5 Å². The van der Waals surface area contributed by atoms with Crippen molar-refractivity contribution < 1.29 is 14.4 Å². The van der Waals surface area contributed by atoms with Crippen LogP contribution < -0.4 is 32.6 Å². The first-order valence-electron chi connectivity index (χ1n) is 22.3. The van der Waals surface area contributed by atoms with Gasteiger partial charge in [0.2, 0.25) is 17.3 Å². The fourth-order valence-electron chi connectivity index (χ4n) is 5.40. The number of anilines is 3. The summed E-state index contributed by atoms with van der Waals surface area (Å²) in [6.07, 6.45) is 0. The molecule has 0 saturated heterocycles. The predicted octanol–water partition coefficient (Wildman–Crippen LogP) is 15.8. The number of hydrazine groups is 3. The minimum atomic E-state index is -0.570. The topological polar surface area (TPSA) is 160 Å². The lowest BCUT2D eigenvalue weighted by Crippen LogP contribution is -2.41. The van der Waals surface area contributed by atoms with Crippen LogP contribution in [0.5, 0.6) is 0 Å². The van der Waals surface area contributed by atoms with Crippen molar-refractivity contribution in [3.63, 3.8) is 0 Å². The van der Waals surface area contributed by atoms with Crippen molar-refractivity contribution in [1.29, 1.82) is 0 Å².